The summed E-state index contributed by atoms with van der Waals surface area (Å²) in [5.41, 5.74) is -4.17. The molecule has 1 atom stereocenters. The molecule has 1 heterocycles. The van der Waals surface area contributed by atoms with Crippen LogP contribution in [0.1, 0.15) is 11.1 Å². The van der Waals surface area contributed by atoms with Crippen LogP contribution >= 0.6 is 22.9 Å². The molecule has 0 aliphatic rings. The monoisotopic (exact) mass is 576 g/mol. The van der Waals surface area contributed by atoms with Gasteiger partial charge < -0.3 is 4.74 Å². The summed E-state index contributed by atoms with van der Waals surface area (Å²) in [5, 5.41) is 2.03. The van der Waals surface area contributed by atoms with Gasteiger partial charge in [0.2, 0.25) is 11.0 Å². The summed E-state index contributed by atoms with van der Waals surface area (Å²) < 4.78 is 96.8. The van der Waals surface area contributed by atoms with E-state index in [4.69, 9.17) is 16.3 Å². The van der Waals surface area contributed by atoms with Gasteiger partial charge in [0.25, 0.3) is 0 Å². The maximum atomic E-state index is 13.6. The molecule has 13 heteroatoms. The summed E-state index contributed by atoms with van der Waals surface area (Å²) in [6.45, 7) is -0.0639. The van der Waals surface area contributed by atoms with Crippen LogP contribution < -0.4 is 9.46 Å². The third kappa shape index (κ3) is 6.62. The summed E-state index contributed by atoms with van der Waals surface area (Å²) in [4.78, 5) is 4.43. The average molecular weight is 577 g/mol. The van der Waals surface area contributed by atoms with E-state index in [0.29, 0.717) is 27.4 Å². The number of hydrogen-bond acceptors (Lipinski definition) is 4. The Kier molecular flexibility index (Phi) is 7.81. The Bertz CT molecular complexity index is 1430. The summed E-state index contributed by atoms with van der Waals surface area (Å²) >= 11 is 7.35. The van der Waals surface area contributed by atoms with Crippen LogP contribution in [0.2, 0.25) is 5.02 Å². The highest BCUT2D eigenvalue weighted by atomic mass is 35.5. The third-order valence-corrected chi connectivity index (χ3v) is 6.99. The fraction of sp³-hybridized carbons (Fsp3) is 0.125. The van der Waals surface area contributed by atoms with E-state index in [-0.39, 0.29) is 23.1 Å². The number of nitrogens with zero attached hydrogens (tertiary/aromatic N) is 1. The van der Waals surface area contributed by atoms with Gasteiger partial charge >= 0.3 is 11.7 Å². The number of benzene rings is 3. The van der Waals surface area contributed by atoms with Crippen molar-refractivity contribution in [2.24, 2.45) is 0 Å². The molecule has 1 aromatic heterocycles. The van der Waals surface area contributed by atoms with Gasteiger partial charge in [0, 0.05) is 22.2 Å². The predicted octanol–water partition coefficient (Wildman–Crippen LogP) is 8.32. The molecule has 0 amide bonds. The van der Waals surface area contributed by atoms with Gasteiger partial charge in [-0.25, -0.2) is 9.19 Å². The molecule has 37 heavy (non-hydrogen) atoms. The largest absolute Gasteiger partial charge is 0.490 e. The molecule has 4 aromatic rings. The Labute approximate surface area is 218 Å². The lowest BCUT2D eigenvalue weighted by Crippen LogP contribution is -2.22. The fourth-order valence-corrected chi connectivity index (χ4v) is 4.78. The second kappa shape index (κ2) is 10.7. The molecule has 0 radical (unpaired) electrons. The van der Waals surface area contributed by atoms with Crippen molar-refractivity contribution in [2.45, 2.75) is 18.3 Å². The first kappa shape index (κ1) is 27.0. The molecule has 1 unspecified atom stereocenters. The van der Waals surface area contributed by atoms with Crippen LogP contribution in [0, 0.1) is 0 Å². The highest BCUT2D eigenvalue weighted by molar-refractivity contribution is 7.87. The van der Waals surface area contributed by atoms with Crippen LogP contribution in [-0.4, -0.2) is 14.7 Å². The lowest BCUT2D eigenvalue weighted by Gasteiger charge is -2.15. The van der Waals surface area contributed by atoms with Crippen LogP contribution in [0.5, 0.6) is 5.75 Å². The average Bonchev–Trinajstić information content (AvgIpc) is 3.32. The van der Waals surface area contributed by atoms with Crippen LogP contribution in [0.4, 0.5) is 32.0 Å². The second-order valence-corrected chi connectivity index (χ2v) is 10.0. The fourth-order valence-electron chi connectivity index (χ4n) is 3.23. The van der Waals surface area contributed by atoms with Gasteiger partial charge in [0.05, 0.1) is 16.3 Å². The highest BCUT2D eigenvalue weighted by Gasteiger charge is 2.37. The summed E-state index contributed by atoms with van der Waals surface area (Å²) in [6.07, 6.45) is -4.63. The molecule has 0 fully saturated rings. The second-order valence-electron chi connectivity index (χ2n) is 7.53. The molecule has 0 bridgehead atoms. The van der Waals surface area contributed by atoms with Crippen molar-refractivity contribution < 1.29 is 35.3 Å². The quantitative estimate of drug-likeness (QED) is 0.225. The minimum atomic E-state index is -4.94. The zero-order valence-corrected chi connectivity index (χ0v) is 20.8. The lowest BCUT2D eigenvalue weighted by molar-refractivity contribution is -0.139. The van der Waals surface area contributed by atoms with E-state index in [1.165, 1.54) is 30.3 Å². The molecular formula is C24H15ClF6N2O2S2. The number of ether oxygens (including phenoxy) is 1. The number of thiazole rings is 1. The van der Waals surface area contributed by atoms with Gasteiger partial charge in [-0.15, -0.1) is 11.3 Å². The number of alkyl halides is 6. The number of aromatic nitrogens is 1. The van der Waals surface area contributed by atoms with Crippen LogP contribution in [0.15, 0.2) is 72.1 Å². The Balaban J connectivity index is 1.59. The van der Waals surface area contributed by atoms with Crippen molar-refractivity contribution in [3.63, 3.8) is 0 Å². The van der Waals surface area contributed by atoms with Crippen molar-refractivity contribution in [3.8, 4) is 27.6 Å². The zero-order chi connectivity index (χ0) is 26.8. The molecule has 194 valence electrons. The first-order valence-electron chi connectivity index (χ1n) is 10.3. The number of nitrogens with one attached hydrogen (secondary N) is 1. The summed E-state index contributed by atoms with van der Waals surface area (Å²) in [6, 6.07) is 16.0. The Morgan fingerprint density at radius 2 is 1.70 bits per heavy atom. The predicted molar refractivity (Wildman–Crippen MR) is 132 cm³/mol. The van der Waals surface area contributed by atoms with E-state index in [1.807, 2.05) is 4.72 Å². The van der Waals surface area contributed by atoms with Crippen molar-refractivity contribution in [3.05, 3.63) is 88.3 Å². The van der Waals surface area contributed by atoms with Crippen molar-refractivity contribution in [2.75, 3.05) is 4.72 Å². The smallest absolute Gasteiger partial charge is 0.488 e. The SMILES string of the molecule is O=S(Nc1ccc(-c2csc(-c3ccc(C(F)(F)F)c(OCc4ccccc4)c3)n2)c(Cl)c1)C(F)(F)F. The van der Waals surface area contributed by atoms with Gasteiger partial charge in [-0.1, -0.05) is 48.0 Å². The third-order valence-electron chi connectivity index (χ3n) is 4.94. The van der Waals surface area contributed by atoms with Gasteiger partial charge in [0.15, 0.2) is 0 Å². The normalized spacial score (nSPS) is 12.8. The Morgan fingerprint density at radius 3 is 2.35 bits per heavy atom. The molecule has 1 N–H and O–H groups in total. The number of anilines is 1. The molecule has 0 saturated heterocycles. The van der Waals surface area contributed by atoms with E-state index in [9.17, 15) is 30.6 Å². The van der Waals surface area contributed by atoms with Gasteiger partial charge in [0.1, 0.15) is 17.4 Å². The molecule has 0 aliphatic heterocycles. The summed E-state index contributed by atoms with van der Waals surface area (Å²) in [5.74, 6) is -0.350. The van der Waals surface area contributed by atoms with Crippen molar-refractivity contribution in [1.82, 2.24) is 4.98 Å². The van der Waals surface area contributed by atoms with Crippen molar-refractivity contribution in [1.29, 1.82) is 0 Å². The molecule has 0 aliphatic carbocycles. The van der Waals surface area contributed by atoms with E-state index in [2.05, 4.69) is 4.98 Å². The van der Waals surface area contributed by atoms with Crippen molar-refractivity contribution >= 4 is 39.6 Å². The summed E-state index contributed by atoms with van der Waals surface area (Å²) in [7, 11) is -3.31. The standard InChI is InChI=1S/C24H15ClF6N2O2S2/c25-19-11-16(33-37(34)24(29,30)31)7-8-17(19)20-13-36-22(32-20)15-6-9-18(23(26,27)28)21(10-15)35-12-14-4-2-1-3-5-14/h1-11,13,33H,12H2. The number of rotatable bonds is 7. The minimum absolute atomic E-state index is 0.0420. The Hall–Kier alpha value is -3.09. The van der Waals surface area contributed by atoms with Crippen LogP contribution in [0.3, 0.4) is 0 Å². The molecular weight excluding hydrogens is 562 g/mol. The first-order valence-corrected chi connectivity index (χ1v) is 12.7. The van der Waals surface area contributed by atoms with E-state index in [0.717, 1.165) is 17.4 Å². The van der Waals surface area contributed by atoms with Gasteiger partial charge in [-0.05, 0) is 35.9 Å². The number of hydrogen-bond donors (Lipinski definition) is 1. The van der Waals surface area contributed by atoms with Crippen LogP contribution in [-0.2, 0) is 23.8 Å². The van der Waals surface area contributed by atoms with E-state index in [1.54, 1.807) is 35.7 Å². The minimum Gasteiger partial charge on any atom is -0.488 e. The molecule has 3 aromatic carbocycles. The first-order chi connectivity index (χ1) is 17.4. The molecule has 4 rings (SSSR count). The molecule has 4 nitrogen and oxygen atoms in total. The zero-order valence-electron chi connectivity index (χ0n) is 18.4. The lowest BCUT2D eigenvalue weighted by atomic mass is 10.1. The Morgan fingerprint density at radius 1 is 0.973 bits per heavy atom. The molecule has 0 spiro atoms. The van der Waals surface area contributed by atoms with Crippen LogP contribution in [0.25, 0.3) is 21.8 Å². The number of halogens is 7. The highest BCUT2D eigenvalue weighted by Crippen LogP contribution is 2.40. The van der Waals surface area contributed by atoms with E-state index >= 15 is 0 Å². The van der Waals surface area contributed by atoms with E-state index < -0.39 is 28.2 Å². The maximum Gasteiger partial charge on any atom is 0.490 e. The van der Waals surface area contributed by atoms with Gasteiger partial charge in [-0.3, -0.25) is 4.72 Å². The maximum absolute atomic E-state index is 13.6. The molecule has 0 saturated carbocycles. The topological polar surface area (TPSA) is 51.2 Å². The van der Waals surface area contributed by atoms with Gasteiger partial charge in [-0.2, -0.15) is 26.3 Å².